The van der Waals surface area contributed by atoms with Crippen LogP contribution in [0.15, 0.2) is 18.2 Å². The first-order chi connectivity index (χ1) is 9.63. The van der Waals surface area contributed by atoms with Crippen molar-refractivity contribution in [1.29, 1.82) is 0 Å². The molecule has 0 atom stereocenters. The lowest BCUT2D eigenvalue weighted by atomic mass is 9.98. The highest BCUT2D eigenvalue weighted by Crippen LogP contribution is 2.20. The summed E-state index contributed by atoms with van der Waals surface area (Å²) in [6.45, 7) is 4.23. The summed E-state index contributed by atoms with van der Waals surface area (Å²) in [5.41, 5.74) is 2.23. The highest BCUT2D eigenvalue weighted by atomic mass is 79.9. The van der Waals surface area contributed by atoms with Gasteiger partial charge in [-0.05, 0) is 31.4 Å². The molecule has 1 aromatic carbocycles. The van der Waals surface area contributed by atoms with Gasteiger partial charge in [-0.1, -0.05) is 34.1 Å². The van der Waals surface area contributed by atoms with Gasteiger partial charge in [0.15, 0.2) is 0 Å². The summed E-state index contributed by atoms with van der Waals surface area (Å²) in [6.07, 6.45) is 0.722. The molecule has 0 heterocycles. The number of benzene rings is 1. The molecule has 110 valence electrons. The Hall–Kier alpha value is -1.36. The van der Waals surface area contributed by atoms with E-state index in [1.807, 2.05) is 18.2 Å². The van der Waals surface area contributed by atoms with Gasteiger partial charge in [-0.2, -0.15) is 0 Å². The molecule has 0 spiro atoms. The van der Waals surface area contributed by atoms with Crippen molar-refractivity contribution in [3.8, 4) is 0 Å². The van der Waals surface area contributed by atoms with Crippen LogP contribution in [0.2, 0.25) is 0 Å². The van der Waals surface area contributed by atoms with Crippen LogP contribution in [0.3, 0.4) is 0 Å². The second kappa shape index (κ2) is 8.74. The minimum absolute atomic E-state index is 0.256. The first-order valence-corrected chi connectivity index (χ1v) is 7.75. The first kappa shape index (κ1) is 16.7. The maximum Gasteiger partial charge on any atom is 0.338 e. The number of alkyl halides is 1. The van der Waals surface area contributed by atoms with Gasteiger partial charge < -0.3 is 9.47 Å². The molecule has 0 unspecified atom stereocenters. The number of carbonyl (C=O) groups excluding carboxylic acids is 2. The Morgan fingerprint density at radius 1 is 1.10 bits per heavy atom. The molecule has 0 saturated heterocycles. The monoisotopic (exact) mass is 342 g/mol. The predicted molar refractivity (Wildman–Crippen MR) is 80.0 cm³/mol. The number of aryl methyl sites for hydroxylation is 1. The molecule has 4 nitrogen and oxygen atoms in total. The molecule has 0 amide bonds. The van der Waals surface area contributed by atoms with Crippen molar-refractivity contribution in [1.82, 2.24) is 0 Å². The minimum atomic E-state index is -0.346. The van der Waals surface area contributed by atoms with Crippen LogP contribution >= 0.6 is 15.9 Å². The third kappa shape index (κ3) is 4.63. The number of carbonyl (C=O) groups is 2. The number of halogens is 1. The fraction of sp³-hybridized carbons (Fsp3) is 0.467. The third-order valence-electron chi connectivity index (χ3n) is 2.76. The van der Waals surface area contributed by atoms with Crippen LogP contribution in [0, 0.1) is 0 Å². The second-order valence-electron chi connectivity index (χ2n) is 4.11. The van der Waals surface area contributed by atoms with E-state index in [2.05, 4.69) is 15.9 Å². The summed E-state index contributed by atoms with van der Waals surface area (Å²) < 4.78 is 9.99. The summed E-state index contributed by atoms with van der Waals surface area (Å²) in [6, 6.07) is 5.59. The van der Waals surface area contributed by atoms with Gasteiger partial charge in [0.25, 0.3) is 0 Å². The summed E-state index contributed by atoms with van der Waals surface area (Å²) in [5, 5.41) is 0.564. The van der Waals surface area contributed by atoms with Crippen molar-refractivity contribution < 1.29 is 19.1 Å². The van der Waals surface area contributed by atoms with E-state index in [0.29, 0.717) is 30.5 Å². The molecule has 0 aliphatic rings. The molecule has 0 aromatic heterocycles. The van der Waals surface area contributed by atoms with E-state index < -0.39 is 0 Å². The maximum atomic E-state index is 12.1. The molecule has 5 heteroatoms. The van der Waals surface area contributed by atoms with Crippen molar-refractivity contribution in [3.05, 3.63) is 34.9 Å². The molecular formula is C15H19BrO4. The van der Waals surface area contributed by atoms with Crippen LogP contribution in [0.1, 0.15) is 41.8 Å². The zero-order valence-electron chi connectivity index (χ0n) is 11.8. The summed E-state index contributed by atoms with van der Waals surface area (Å²) in [7, 11) is 0. The Kier molecular flexibility index (Phi) is 7.30. The molecule has 0 saturated carbocycles. The van der Waals surface area contributed by atoms with E-state index >= 15 is 0 Å². The van der Waals surface area contributed by atoms with Gasteiger partial charge in [0.2, 0.25) is 0 Å². The van der Waals surface area contributed by atoms with E-state index in [-0.39, 0.29) is 18.4 Å². The Balaban J connectivity index is 2.94. The topological polar surface area (TPSA) is 52.6 Å². The van der Waals surface area contributed by atoms with Gasteiger partial charge in [-0.25, -0.2) is 4.79 Å². The third-order valence-corrected chi connectivity index (χ3v) is 3.37. The maximum absolute atomic E-state index is 12.1. The van der Waals surface area contributed by atoms with Crippen LogP contribution in [-0.4, -0.2) is 25.2 Å². The average Bonchev–Trinajstić information content (AvgIpc) is 2.45. The lowest BCUT2D eigenvalue weighted by Crippen LogP contribution is -2.13. The molecule has 0 radical (unpaired) electrons. The highest BCUT2D eigenvalue weighted by molar-refractivity contribution is 9.08. The van der Waals surface area contributed by atoms with Crippen molar-refractivity contribution in [2.75, 3.05) is 13.2 Å². The quantitative estimate of drug-likeness (QED) is 0.563. The molecular weight excluding hydrogens is 324 g/mol. The highest BCUT2D eigenvalue weighted by Gasteiger charge is 2.17. The van der Waals surface area contributed by atoms with Crippen LogP contribution in [0.4, 0.5) is 0 Å². The molecule has 1 rings (SSSR count). The fourth-order valence-corrected chi connectivity index (χ4v) is 2.38. The second-order valence-corrected chi connectivity index (χ2v) is 4.67. The van der Waals surface area contributed by atoms with E-state index in [9.17, 15) is 9.59 Å². The number of rotatable bonds is 7. The van der Waals surface area contributed by atoms with Crippen LogP contribution in [0.5, 0.6) is 0 Å². The molecule has 20 heavy (non-hydrogen) atoms. The average molecular weight is 343 g/mol. The summed E-state index contributed by atoms with van der Waals surface area (Å²) >= 11 is 3.37. The minimum Gasteiger partial charge on any atom is -0.466 e. The Morgan fingerprint density at radius 2 is 1.75 bits per heavy atom. The Labute approximate surface area is 127 Å². The van der Waals surface area contributed by atoms with Gasteiger partial charge in [-0.15, -0.1) is 0 Å². The van der Waals surface area contributed by atoms with Crippen molar-refractivity contribution in [2.24, 2.45) is 0 Å². The zero-order chi connectivity index (χ0) is 15.0. The van der Waals surface area contributed by atoms with Gasteiger partial charge in [-0.3, -0.25) is 4.79 Å². The van der Waals surface area contributed by atoms with E-state index in [0.717, 1.165) is 11.1 Å². The van der Waals surface area contributed by atoms with Crippen molar-refractivity contribution in [2.45, 2.75) is 32.0 Å². The molecule has 0 fully saturated rings. The molecule has 0 N–H and O–H groups in total. The first-order valence-electron chi connectivity index (χ1n) is 6.63. The largest absolute Gasteiger partial charge is 0.466 e. The van der Waals surface area contributed by atoms with Crippen LogP contribution in [0.25, 0.3) is 0 Å². The van der Waals surface area contributed by atoms with E-state index in [1.165, 1.54) is 0 Å². The van der Waals surface area contributed by atoms with Gasteiger partial charge in [0.05, 0.1) is 18.8 Å². The van der Waals surface area contributed by atoms with Gasteiger partial charge >= 0.3 is 11.9 Å². The number of hydrogen-bond acceptors (Lipinski definition) is 4. The lowest BCUT2D eigenvalue weighted by Gasteiger charge is -2.12. The van der Waals surface area contributed by atoms with Crippen LogP contribution < -0.4 is 0 Å². The van der Waals surface area contributed by atoms with Gasteiger partial charge in [0, 0.05) is 11.8 Å². The molecule has 0 bridgehead atoms. The smallest absolute Gasteiger partial charge is 0.338 e. The van der Waals surface area contributed by atoms with Crippen LogP contribution in [-0.2, 0) is 26.0 Å². The number of hydrogen-bond donors (Lipinski definition) is 0. The van der Waals surface area contributed by atoms with E-state index in [4.69, 9.17) is 9.47 Å². The van der Waals surface area contributed by atoms with E-state index in [1.54, 1.807) is 13.8 Å². The molecule has 1 aromatic rings. The normalized spacial score (nSPS) is 10.2. The predicted octanol–water partition coefficient (Wildman–Crippen LogP) is 3.25. The van der Waals surface area contributed by atoms with Crippen molar-refractivity contribution >= 4 is 27.9 Å². The molecule has 0 aliphatic heterocycles. The van der Waals surface area contributed by atoms with Gasteiger partial charge in [0.1, 0.15) is 0 Å². The summed E-state index contributed by atoms with van der Waals surface area (Å²) in [4.78, 5) is 23.5. The van der Waals surface area contributed by atoms with Crippen molar-refractivity contribution in [3.63, 3.8) is 0 Å². The fourth-order valence-electron chi connectivity index (χ4n) is 1.91. The summed E-state index contributed by atoms with van der Waals surface area (Å²) in [5.74, 6) is -0.604. The molecule has 0 aliphatic carbocycles. The lowest BCUT2D eigenvalue weighted by molar-refractivity contribution is -0.143. The zero-order valence-corrected chi connectivity index (χ0v) is 13.4. The number of esters is 2. The Morgan fingerprint density at radius 3 is 2.35 bits per heavy atom. The Bertz CT molecular complexity index is 471. The number of ether oxygens (including phenoxy) is 2. The SMILES string of the molecule is CCOC(=O)CCc1cccc(CBr)c1C(=O)OCC. The standard InChI is InChI=1S/C15H19BrO4/c1-3-19-13(17)9-8-11-6-5-7-12(10-16)14(11)15(18)20-4-2/h5-7H,3-4,8-10H2,1-2H3.